The molecule has 20 heavy (non-hydrogen) atoms. The average molecular weight is 314 g/mol. The van der Waals surface area contributed by atoms with Crippen LogP contribution in [0.4, 0.5) is 5.69 Å². The van der Waals surface area contributed by atoms with E-state index in [9.17, 15) is 9.59 Å². The molecule has 0 radical (unpaired) electrons. The Kier molecular flexibility index (Phi) is 3.96. The van der Waals surface area contributed by atoms with Gasteiger partial charge in [-0.2, -0.15) is 0 Å². The lowest BCUT2D eigenvalue weighted by Gasteiger charge is -2.05. The molecule has 0 aliphatic heterocycles. The monoisotopic (exact) mass is 313 g/mol. The average Bonchev–Trinajstić information content (AvgIpc) is 2.69. The van der Waals surface area contributed by atoms with Crippen LogP contribution in [0.2, 0.25) is 10.3 Å². The minimum Gasteiger partial charge on any atom is -0.477 e. The number of carboxylic acids is 1. The first-order valence-corrected chi connectivity index (χ1v) is 6.20. The van der Waals surface area contributed by atoms with Gasteiger partial charge in [-0.1, -0.05) is 23.2 Å². The number of anilines is 1. The maximum Gasteiger partial charge on any atom is 0.354 e. The number of aromatic amines is 1. The van der Waals surface area contributed by atoms with Gasteiger partial charge >= 0.3 is 5.97 Å². The zero-order chi connectivity index (χ0) is 14.9. The third kappa shape index (κ3) is 3.09. The summed E-state index contributed by atoms with van der Waals surface area (Å²) < 4.78 is 0. The number of H-pyrrole nitrogens is 1. The van der Waals surface area contributed by atoms with E-state index in [1.54, 1.807) is 6.92 Å². The summed E-state index contributed by atoms with van der Waals surface area (Å²) in [5, 5.41) is 11.7. The molecule has 104 valence electrons. The molecule has 2 aromatic heterocycles. The van der Waals surface area contributed by atoms with Crippen molar-refractivity contribution < 1.29 is 14.7 Å². The quantitative estimate of drug-likeness (QED) is 0.759. The molecule has 3 N–H and O–H groups in total. The number of aromatic carboxylic acids is 1. The summed E-state index contributed by atoms with van der Waals surface area (Å²) >= 11 is 11.4. The van der Waals surface area contributed by atoms with Gasteiger partial charge in [0.05, 0.1) is 5.69 Å². The molecule has 0 saturated carbocycles. The molecule has 2 rings (SSSR count). The Labute approximate surface area is 123 Å². The highest BCUT2D eigenvalue weighted by molar-refractivity contribution is 6.33. The number of nitrogens with one attached hydrogen (secondary N) is 2. The predicted molar refractivity (Wildman–Crippen MR) is 74.7 cm³/mol. The van der Waals surface area contributed by atoms with Gasteiger partial charge in [-0.3, -0.25) is 4.79 Å². The minimum atomic E-state index is -1.17. The maximum absolute atomic E-state index is 12.0. The number of nitrogens with zero attached hydrogens (tertiary/aromatic N) is 1. The number of aromatic nitrogens is 2. The largest absolute Gasteiger partial charge is 0.477 e. The fourth-order valence-corrected chi connectivity index (χ4v) is 2.11. The molecular weight excluding hydrogens is 305 g/mol. The molecule has 0 saturated heterocycles. The van der Waals surface area contributed by atoms with Crippen LogP contribution in [0, 0.1) is 6.92 Å². The van der Waals surface area contributed by atoms with E-state index in [1.165, 1.54) is 18.2 Å². The Balaban J connectivity index is 2.30. The van der Waals surface area contributed by atoms with Gasteiger partial charge in [-0.05, 0) is 25.1 Å². The number of pyridine rings is 1. The van der Waals surface area contributed by atoms with E-state index in [-0.39, 0.29) is 27.3 Å². The number of hydrogen-bond acceptors (Lipinski definition) is 3. The van der Waals surface area contributed by atoms with Crippen molar-refractivity contribution in [2.75, 3.05) is 5.32 Å². The zero-order valence-corrected chi connectivity index (χ0v) is 11.7. The van der Waals surface area contributed by atoms with Crippen molar-refractivity contribution >= 4 is 40.8 Å². The van der Waals surface area contributed by atoms with E-state index in [1.807, 2.05) is 0 Å². The number of carboxylic acid groups (broad SMARTS) is 1. The summed E-state index contributed by atoms with van der Waals surface area (Å²) in [5.41, 5.74) is 0.875. The second kappa shape index (κ2) is 5.52. The summed E-state index contributed by atoms with van der Waals surface area (Å²) in [6, 6.07) is 4.19. The SMILES string of the molecule is Cc1cc(NC(=O)c2cc(Cl)nc(Cl)c2)c(C(=O)O)[nH]1. The fraction of sp³-hybridized carbons (Fsp3) is 0.0833. The van der Waals surface area contributed by atoms with Gasteiger partial charge in [-0.15, -0.1) is 0 Å². The molecule has 2 aromatic rings. The van der Waals surface area contributed by atoms with Crippen LogP contribution in [-0.4, -0.2) is 27.0 Å². The Morgan fingerprint density at radius 2 is 1.85 bits per heavy atom. The molecular formula is C12H9Cl2N3O3. The van der Waals surface area contributed by atoms with E-state index in [2.05, 4.69) is 15.3 Å². The van der Waals surface area contributed by atoms with Gasteiger partial charge in [0.1, 0.15) is 16.0 Å². The van der Waals surface area contributed by atoms with Crippen molar-refractivity contribution in [2.24, 2.45) is 0 Å². The van der Waals surface area contributed by atoms with Gasteiger partial charge in [-0.25, -0.2) is 9.78 Å². The summed E-state index contributed by atoms with van der Waals surface area (Å²) in [6.07, 6.45) is 0. The minimum absolute atomic E-state index is 0.0753. The van der Waals surface area contributed by atoms with E-state index < -0.39 is 11.9 Å². The van der Waals surface area contributed by atoms with Crippen LogP contribution in [0.5, 0.6) is 0 Å². The van der Waals surface area contributed by atoms with Crippen LogP contribution in [0.1, 0.15) is 26.5 Å². The number of rotatable bonds is 3. The van der Waals surface area contributed by atoms with E-state index >= 15 is 0 Å². The normalized spacial score (nSPS) is 10.3. The topological polar surface area (TPSA) is 95.1 Å². The van der Waals surface area contributed by atoms with Crippen LogP contribution < -0.4 is 5.32 Å². The highest BCUT2D eigenvalue weighted by atomic mass is 35.5. The van der Waals surface area contributed by atoms with Crippen molar-refractivity contribution in [1.29, 1.82) is 0 Å². The molecule has 0 spiro atoms. The van der Waals surface area contributed by atoms with Crippen molar-refractivity contribution in [3.8, 4) is 0 Å². The van der Waals surface area contributed by atoms with Crippen molar-refractivity contribution in [3.05, 3.63) is 45.5 Å². The number of carbonyl (C=O) groups is 2. The molecule has 0 aliphatic carbocycles. The molecule has 0 aliphatic rings. The maximum atomic E-state index is 12.0. The molecule has 6 nitrogen and oxygen atoms in total. The van der Waals surface area contributed by atoms with Crippen LogP contribution >= 0.6 is 23.2 Å². The Morgan fingerprint density at radius 1 is 1.25 bits per heavy atom. The fourth-order valence-electron chi connectivity index (χ4n) is 1.65. The summed E-state index contributed by atoms with van der Waals surface area (Å²) in [6.45, 7) is 1.68. The number of halogens is 2. The Hall–Kier alpha value is -2.05. The molecule has 0 unspecified atom stereocenters. The van der Waals surface area contributed by atoms with E-state index in [0.29, 0.717) is 5.69 Å². The third-order valence-corrected chi connectivity index (χ3v) is 2.83. The molecule has 0 bridgehead atoms. The van der Waals surface area contributed by atoms with Gasteiger partial charge < -0.3 is 15.4 Å². The van der Waals surface area contributed by atoms with Crippen LogP contribution in [-0.2, 0) is 0 Å². The molecule has 2 heterocycles. The molecule has 1 amide bonds. The molecule has 0 atom stereocenters. The number of carbonyl (C=O) groups excluding carboxylic acids is 1. The Morgan fingerprint density at radius 3 is 2.40 bits per heavy atom. The summed E-state index contributed by atoms with van der Waals surface area (Å²) in [7, 11) is 0. The van der Waals surface area contributed by atoms with Crippen molar-refractivity contribution in [3.63, 3.8) is 0 Å². The second-order valence-corrected chi connectivity index (χ2v) is 4.78. The van der Waals surface area contributed by atoms with E-state index in [0.717, 1.165) is 0 Å². The van der Waals surface area contributed by atoms with E-state index in [4.69, 9.17) is 28.3 Å². The smallest absolute Gasteiger partial charge is 0.354 e. The van der Waals surface area contributed by atoms with Crippen molar-refractivity contribution in [2.45, 2.75) is 6.92 Å². The third-order valence-electron chi connectivity index (χ3n) is 2.44. The number of aryl methyl sites for hydroxylation is 1. The lowest BCUT2D eigenvalue weighted by molar-refractivity contribution is 0.0692. The van der Waals surface area contributed by atoms with Gasteiger partial charge in [0.2, 0.25) is 0 Å². The second-order valence-electron chi connectivity index (χ2n) is 4.00. The van der Waals surface area contributed by atoms with Gasteiger partial charge in [0.25, 0.3) is 5.91 Å². The first-order valence-electron chi connectivity index (χ1n) is 5.44. The van der Waals surface area contributed by atoms with Crippen LogP contribution in [0.15, 0.2) is 18.2 Å². The number of amides is 1. The molecule has 0 aromatic carbocycles. The highest BCUT2D eigenvalue weighted by Crippen LogP contribution is 2.20. The lowest BCUT2D eigenvalue weighted by Crippen LogP contribution is -2.14. The first kappa shape index (κ1) is 14.4. The Bertz CT molecular complexity index is 677. The highest BCUT2D eigenvalue weighted by Gasteiger charge is 2.17. The van der Waals surface area contributed by atoms with Gasteiger partial charge in [0, 0.05) is 11.3 Å². The number of hydrogen-bond donors (Lipinski definition) is 3. The first-order chi connectivity index (χ1) is 9.36. The molecule has 8 heteroatoms. The van der Waals surface area contributed by atoms with Crippen molar-refractivity contribution in [1.82, 2.24) is 9.97 Å². The summed E-state index contributed by atoms with van der Waals surface area (Å²) in [4.78, 5) is 29.4. The molecule has 0 fully saturated rings. The summed E-state index contributed by atoms with van der Waals surface area (Å²) in [5.74, 6) is -1.70. The predicted octanol–water partition coefficient (Wildman–Crippen LogP) is 2.98. The van der Waals surface area contributed by atoms with Crippen LogP contribution in [0.25, 0.3) is 0 Å². The lowest BCUT2D eigenvalue weighted by atomic mass is 10.2. The zero-order valence-electron chi connectivity index (χ0n) is 10.2. The standard InChI is InChI=1S/C12H9Cl2N3O3/c1-5-2-7(10(15-5)12(19)20)16-11(18)6-3-8(13)17-9(14)4-6/h2-4,15H,1H3,(H,16,18)(H,19,20). The van der Waals surface area contributed by atoms with Gasteiger partial charge in [0.15, 0.2) is 0 Å². The van der Waals surface area contributed by atoms with Crippen LogP contribution in [0.3, 0.4) is 0 Å².